The first-order chi connectivity index (χ1) is 3.62. The van der Waals surface area contributed by atoms with E-state index in [1.165, 1.54) is 12.1 Å². The molecule has 50 valence electrons. The molecule has 0 aliphatic heterocycles. The van der Waals surface area contributed by atoms with E-state index in [1.54, 1.807) is 0 Å². The second-order valence-corrected chi connectivity index (χ2v) is 8.59. The van der Waals surface area contributed by atoms with Gasteiger partial charge in [-0.15, -0.1) is 0 Å². The summed E-state index contributed by atoms with van der Waals surface area (Å²) in [6.07, 6.45) is 0. The molecular formula is C6H17NSi. The van der Waals surface area contributed by atoms with Gasteiger partial charge in [0.05, 0.1) is 0 Å². The lowest BCUT2D eigenvalue weighted by atomic mass is 10.8. The van der Waals surface area contributed by atoms with Crippen molar-refractivity contribution in [3.8, 4) is 0 Å². The summed E-state index contributed by atoms with van der Waals surface area (Å²) in [5.41, 5.74) is 5.42. The van der Waals surface area contributed by atoms with Crippen LogP contribution in [0.1, 0.15) is 6.92 Å². The molecule has 0 radical (unpaired) electrons. The maximum atomic E-state index is 5.42. The Balaban J connectivity index is 3.37. The molecule has 1 nitrogen and oxygen atoms in total. The fourth-order valence-electron chi connectivity index (χ4n) is 0.568. The first-order valence-electron chi connectivity index (χ1n) is 3.32. The van der Waals surface area contributed by atoms with Gasteiger partial charge in [0.1, 0.15) is 0 Å². The van der Waals surface area contributed by atoms with Gasteiger partial charge in [-0.1, -0.05) is 26.1 Å². The van der Waals surface area contributed by atoms with Crippen LogP contribution >= 0.6 is 0 Å². The molecule has 0 aliphatic carbocycles. The minimum atomic E-state index is -0.802. The van der Waals surface area contributed by atoms with Gasteiger partial charge in [-0.05, 0) is 12.6 Å². The molecule has 0 amide bonds. The zero-order valence-electron chi connectivity index (χ0n) is 6.20. The van der Waals surface area contributed by atoms with Gasteiger partial charge in [0.15, 0.2) is 0 Å². The Bertz CT molecular complexity index is 61.5. The van der Waals surface area contributed by atoms with Crippen LogP contribution in [0.3, 0.4) is 0 Å². The second kappa shape index (κ2) is 3.25. The van der Waals surface area contributed by atoms with E-state index in [-0.39, 0.29) is 0 Å². The van der Waals surface area contributed by atoms with Crippen LogP contribution in [0.15, 0.2) is 0 Å². The highest BCUT2D eigenvalue weighted by Crippen LogP contribution is 2.11. The first kappa shape index (κ1) is 8.18. The molecule has 0 spiro atoms. The molecule has 2 N–H and O–H groups in total. The summed E-state index contributed by atoms with van der Waals surface area (Å²) < 4.78 is 0. The predicted molar refractivity (Wildman–Crippen MR) is 41.8 cm³/mol. The Morgan fingerprint density at radius 3 is 2.00 bits per heavy atom. The third kappa shape index (κ3) is 3.21. The van der Waals surface area contributed by atoms with Crippen molar-refractivity contribution in [3.05, 3.63) is 0 Å². The molecule has 0 aliphatic rings. The topological polar surface area (TPSA) is 26.0 Å². The normalized spacial score (nSPS) is 12.0. The smallest absolute Gasteiger partial charge is 0.0483 e. The zero-order valence-corrected chi connectivity index (χ0v) is 7.20. The standard InChI is InChI=1S/C6H17NSi/c1-4-8(2,3)6-5-7/h4-7H2,1-3H3. The molecule has 0 saturated carbocycles. The van der Waals surface area contributed by atoms with E-state index in [0.29, 0.717) is 0 Å². The van der Waals surface area contributed by atoms with Crippen LogP contribution in [0.25, 0.3) is 0 Å². The molecule has 0 fully saturated rings. The minimum absolute atomic E-state index is 0.802. The average Bonchev–Trinajstić information content (AvgIpc) is 1.67. The quantitative estimate of drug-likeness (QED) is 0.579. The van der Waals surface area contributed by atoms with E-state index in [2.05, 4.69) is 20.0 Å². The molecule has 0 saturated heterocycles. The summed E-state index contributed by atoms with van der Waals surface area (Å²) in [5.74, 6) is 0. The van der Waals surface area contributed by atoms with E-state index in [1.807, 2.05) is 0 Å². The van der Waals surface area contributed by atoms with Crippen LogP contribution in [0, 0.1) is 0 Å². The van der Waals surface area contributed by atoms with Crippen molar-refractivity contribution in [2.24, 2.45) is 5.73 Å². The number of nitrogens with two attached hydrogens (primary N) is 1. The van der Waals surface area contributed by atoms with Gasteiger partial charge < -0.3 is 5.73 Å². The molecule has 0 unspecified atom stereocenters. The summed E-state index contributed by atoms with van der Waals surface area (Å²) in [7, 11) is -0.802. The van der Waals surface area contributed by atoms with Gasteiger partial charge in [0.2, 0.25) is 0 Å². The van der Waals surface area contributed by atoms with E-state index in [4.69, 9.17) is 5.73 Å². The van der Waals surface area contributed by atoms with Crippen LogP contribution in [-0.2, 0) is 0 Å². The van der Waals surface area contributed by atoms with Crippen LogP contribution < -0.4 is 5.73 Å². The highest BCUT2D eigenvalue weighted by molar-refractivity contribution is 6.77. The SMILES string of the molecule is CC[Si](C)(C)CCN. The van der Waals surface area contributed by atoms with E-state index >= 15 is 0 Å². The lowest BCUT2D eigenvalue weighted by molar-refractivity contribution is 1.08. The Morgan fingerprint density at radius 1 is 1.38 bits per heavy atom. The number of hydrogen-bond donors (Lipinski definition) is 1. The molecule has 0 rings (SSSR count). The average molecular weight is 131 g/mol. The maximum Gasteiger partial charge on any atom is 0.0483 e. The lowest BCUT2D eigenvalue weighted by Crippen LogP contribution is -2.26. The van der Waals surface area contributed by atoms with Crippen molar-refractivity contribution >= 4 is 8.07 Å². The zero-order chi connectivity index (χ0) is 6.62. The van der Waals surface area contributed by atoms with Gasteiger partial charge in [0.25, 0.3) is 0 Å². The fourth-order valence-corrected chi connectivity index (χ4v) is 1.70. The van der Waals surface area contributed by atoms with Gasteiger partial charge >= 0.3 is 0 Å². The molecule has 0 bridgehead atoms. The summed E-state index contributed by atoms with van der Waals surface area (Å²) in [4.78, 5) is 0. The minimum Gasteiger partial charge on any atom is -0.331 e. The van der Waals surface area contributed by atoms with Gasteiger partial charge in [-0.25, -0.2) is 0 Å². The third-order valence-electron chi connectivity index (χ3n) is 1.78. The Kier molecular flexibility index (Phi) is 3.32. The molecule has 0 aromatic carbocycles. The molecule has 0 atom stereocenters. The van der Waals surface area contributed by atoms with Crippen molar-refractivity contribution in [3.63, 3.8) is 0 Å². The van der Waals surface area contributed by atoms with Crippen molar-refractivity contribution in [2.75, 3.05) is 6.54 Å². The first-order valence-corrected chi connectivity index (χ1v) is 6.74. The monoisotopic (exact) mass is 131 g/mol. The summed E-state index contributed by atoms with van der Waals surface area (Å²) in [5, 5.41) is 0. The summed E-state index contributed by atoms with van der Waals surface area (Å²) >= 11 is 0. The highest BCUT2D eigenvalue weighted by atomic mass is 28.3. The predicted octanol–water partition coefficient (Wildman–Crippen LogP) is 1.67. The van der Waals surface area contributed by atoms with Crippen LogP contribution in [0.2, 0.25) is 25.2 Å². The number of rotatable bonds is 3. The third-order valence-corrected chi connectivity index (χ3v) is 5.33. The van der Waals surface area contributed by atoms with E-state index < -0.39 is 8.07 Å². The molecule has 0 heterocycles. The van der Waals surface area contributed by atoms with Crippen LogP contribution in [0.5, 0.6) is 0 Å². The lowest BCUT2D eigenvalue weighted by Gasteiger charge is -2.17. The van der Waals surface area contributed by atoms with E-state index in [9.17, 15) is 0 Å². The van der Waals surface area contributed by atoms with Gasteiger partial charge in [-0.2, -0.15) is 0 Å². The molecule has 0 aromatic heterocycles. The Labute approximate surface area is 53.3 Å². The molecular weight excluding hydrogens is 114 g/mol. The second-order valence-electron chi connectivity index (χ2n) is 3.06. The maximum absolute atomic E-state index is 5.42. The van der Waals surface area contributed by atoms with Crippen LogP contribution in [0.4, 0.5) is 0 Å². The van der Waals surface area contributed by atoms with Crippen LogP contribution in [-0.4, -0.2) is 14.6 Å². The molecule has 2 heteroatoms. The summed E-state index contributed by atoms with van der Waals surface area (Å²) in [6.45, 7) is 7.93. The largest absolute Gasteiger partial charge is 0.331 e. The highest BCUT2D eigenvalue weighted by Gasteiger charge is 2.15. The Morgan fingerprint density at radius 2 is 1.88 bits per heavy atom. The molecule has 8 heavy (non-hydrogen) atoms. The van der Waals surface area contributed by atoms with Crippen molar-refractivity contribution in [2.45, 2.75) is 32.1 Å². The van der Waals surface area contributed by atoms with E-state index in [0.717, 1.165) is 6.54 Å². The van der Waals surface area contributed by atoms with Crippen molar-refractivity contribution < 1.29 is 0 Å². The molecule has 0 aromatic rings. The summed E-state index contributed by atoms with van der Waals surface area (Å²) in [6, 6.07) is 2.65. The van der Waals surface area contributed by atoms with Gasteiger partial charge in [0, 0.05) is 8.07 Å². The van der Waals surface area contributed by atoms with Gasteiger partial charge in [-0.3, -0.25) is 0 Å². The Hall–Kier alpha value is 0.177. The van der Waals surface area contributed by atoms with Crippen molar-refractivity contribution in [1.29, 1.82) is 0 Å². The van der Waals surface area contributed by atoms with Crippen molar-refractivity contribution in [1.82, 2.24) is 0 Å². The number of hydrogen-bond acceptors (Lipinski definition) is 1. The fraction of sp³-hybridized carbons (Fsp3) is 1.00.